The zero-order valence-corrected chi connectivity index (χ0v) is 10.5. The SMILES string of the molecule is Cn1cncc1-c1noc([C@H](N)C(C)(C)C)n1. The van der Waals surface area contributed by atoms with Gasteiger partial charge in [0, 0.05) is 7.05 Å². The van der Waals surface area contributed by atoms with Crippen LogP contribution in [0.2, 0.25) is 0 Å². The molecule has 2 rings (SSSR count). The topological polar surface area (TPSA) is 82.8 Å². The summed E-state index contributed by atoms with van der Waals surface area (Å²) in [6.07, 6.45) is 3.38. The van der Waals surface area contributed by atoms with E-state index < -0.39 is 0 Å². The van der Waals surface area contributed by atoms with E-state index in [1.165, 1.54) is 0 Å². The fraction of sp³-hybridized carbons (Fsp3) is 0.545. The molecule has 2 aromatic heterocycles. The van der Waals surface area contributed by atoms with Gasteiger partial charge in [0.05, 0.1) is 18.6 Å². The maximum Gasteiger partial charge on any atom is 0.244 e. The number of aryl methyl sites for hydroxylation is 1. The number of hydrogen-bond donors (Lipinski definition) is 1. The van der Waals surface area contributed by atoms with Crippen LogP contribution < -0.4 is 5.73 Å². The van der Waals surface area contributed by atoms with Gasteiger partial charge in [0.2, 0.25) is 11.7 Å². The molecule has 6 heteroatoms. The molecule has 1 atom stereocenters. The van der Waals surface area contributed by atoms with E-state index in [0.717, 1.165) is 5.69 Å². The molecule has 0 bridgehead atoms. The molecule has 0 aliphatic heterocycles. The van der Waals surface area contributed by atoms with Crippen molar-refractivity contribution in [1.82, 2.24) is 19.7 Å². The van der Waals surface area contributed by atoms with Crippen molar-refractivity contribution in [3.63, 3.8) is 0 Å². The highest BCUT2D eigenvalue weighted by Gasteiger charge is 2.28. The zero-order chi connectivity index (χ0) is 12.6. The lowest BCUT2D eigenvalue weighted by molar-refractivity contribution is 0.253. The predicted molar refractivity (Wildman–Crippen MR) is 62.9 cm³/mol. The van der Waals surface area contributed by atoms with Crippen LogP contribution in [0.1, 0.15) is 32.7 Å². The molecule has 0 unspecified atom stereocenters. The van der Waals surface area contributed by atoms with Crippen LogP contribution in [0.25, 0.3) is 11.5 Å². The smallest absolute Gasteiger partial charge is 0.244 e. The van der Waals surface area contributed by atoms with E-state index in [0.29, 0.717) is 11.7 Å². The van der Waals surface area contributed by atoms with Crippen LogP contribution in [-0.2, 0) is 7.05 Å². The molecule has 6 nitrogen and oxygen atoms in total. The Morgan fingerprint density at radius 2 is 2.12 bits per heavy atom. The molecule has 92 valence electrons. The van der Waals surface area contributed by atoms with Gasteiger partial charge >= 0.3 is 0 Å². The molecule has 0 aromatic carbocycles. The third-order valence-corrected chi connectivity index (χ3v) is 2.69. The van der Waals surface area contributed by atoms with Gasteiger partial charge in [0.25, 0.3) is 0 Å². The molecule has 2 aromatic rings. The minimum atomic E-state index is -0.281. The summed E-state index contributed by atoms with van der Waals surface area (Å²) >= 11 is 0. The van der Waals surface area contributed by atoms with E-state index in [-0.39, 0.29) is 11.5 Å². The van der Waals surface area contributed by atoms with Gasteiger partial charge in [-0.3, -0.25) is 0 Å². The number of rotatable bonds is 2. The lowest BCUT2D eigenvalue weighted by Crippen LogP contribution is -2.26. The van der Waals surface area contributed by atoms with E-state index in [4.69, 9.17) is 10.3 Å². The van der Waals surface area contributed by atoms with E-state index >= 15 is 0 Å². The third kappa shape index (κ3) is 2.21. The standard InChI is InChI=1S/C11H17N5O/c1-11(2,3)8(12)10-14-9(15-17-10)7-5-13-6-16(7)4/h5-6,8H,12H2,1-4H3/t8-/m0/s1. The van der Waals surface area contributed by atoms with Crippen LogP contribution in [0, 0.1) is 5.41 Å². The van der Waals surface area contributed by atoms with Crippen LogP contribution >= 0.6 is 0 Å². The van der Waals surface area contributed by atoms with Gasteiger partial charge in [-0.05, 0) is 5.41 Å². The first-order valence-electron chi connectivity index (χ1n) is 5.45. The molecular weight excluding hydrogens is 218 g/mol. The van der Waals surface area contributed by atoms with E-state index in [2.05, 4.69) is 15.1 Å². The highest BCUT2D eigenvalue weighted by molar-refractivity contribution is 5.47. The molecular formula is C11H17N5O. The van der Waals surface area contributed by atoms with Gasteiger partial charge in [-0.25, -0.2) is 4.98 Å². The molecule has 0 saturated carbocycles. The summed E-state index contributed by atoms with van der Waals surface area (Å²) in [5.41, 5.74) is 6.75. The van der Waals surface area contributed by atoms with Gasteiger partial charge in [-0.2, -0.15) is 4.98 Å². The quantitative estimate of drug-likeness (QED) is 0.853. The van der Waals surface area contributed by atoms with E-state index in [1.807, 2.05) is 32.4 Å². The predicted octanol–water partition coefficient (Wildman–Crippen LogP) is 1.52. The van der Waals surface area contributed by atoms with Gasteiger partial charge < -0.3 is 14.8 Å². The average molecular weight is 235 g/mol. The molecule has 0 saturated heterocycles. The Hall–Kier alpha value is -1.69. The van der Waals surface area contributed by atoms with Crippen LogP contribution in [-0.4, -0.2) is 19.7 Å². The van der Waals surface area contributed by atoms with Crippen molar-refractivity contribution >= 4 is 0 Å². The molecule has 2 N–H and O–H groups in total. The van der Waals surface area contributed by atoms with Gasteiger partial charge in [-0.15, -0.1) is 0 Å². The van der Waals surface area contributed by atoms with Crippen molar-refractivity contribution in [3.05, 3.63) is 18.4 Å². The first kappa shape index (κ1) is 11.8. The summed E-state index contributed by atoms with van der Waals surface area (Å²) in [5.74, 6) is 0.966. The van der Waals surface area contributed by atoms with Crippen LogP contribution in [0.4, 0.5) is 0 Å². The molecule has 17 heavy (non-hydrogen) atoms. The fourth-order valence-electron chi connectivity index (χ4n) is 1.41. The Balaban J connectivity index is 2.31. The van der Waals surface area contributed by atoms with Gasteiger partial charge in [0.1, 0.15) is 5.69 Å². The van der Waals surface area contributed by atoms with E-state index in [9.17, 15) is 0 Å². The molecule has 0 aliphatic carbocycles. The Morgan fingerprint density at radius 1 is 1.41 bits per heavy atom. The molecule has 0 radical (unpaired) electrons. The maximum absolute atomic E-state index is 6.06. The minimum Gasteiger partial charge on any atom is -0.337 e. The van der Waals surface area contributed by atoms with E-state index in [1.54, 1.807) is 12.5 Å². The lowest BCUT2D eigenvalue weighted by Gasteiger charge is -2.23. The summed E-state index contributed by atoms with van der Waals surface area (Å²) in [6.45, 7) is 6.10. The summed E-state index contributed by atoms with van der Waals surface area (Å²) < 4.78 is 7.04. The zero-order valence-electron chi connectivity index (χ0n) is 10.5. The molecule has 0 amide bonds. The molecule has 2 heterocycles. The second-order valence-electron chi connectivity index (χ2n) is 5.19. The maximum atomic E-state index is 6.06. The summed E-state index contributed by atoms with van der Waals surface area (Å²) in [4.78, 5) is 8.33. The first-order chi connectivity index (χ1) is 7.89. The Kier molecular flexibility index (Phi) is 2.74. The van der Waals surface area contributed by atoms with Gasteiger partial charge in [-0.1, -0.05) is 25.9 Å². The van der Waals surface area contributed by atoms with Crippen LogP contribution in [0.15, 0.2) is 17.0 Å². The number of aromatic nitrogens is 4. The molecule has 0 fully saturated rings. The minimum absolute atomic E-state index is 0.115. The average Bonchev–Trinajstić information content (AvgIpc) is 2.83. The number of hydrogen-bond acceptors (Lipinski definition) is 5. The second-order valence-corrected chi connectivity index (χ2v) is 5.19. The normalized spacial score (nSPS) is 13.9. The first-order valence-corrected chi connectivity index (χ1v) is 5.45. The Labute approximate surface area is 99.8 Å². The fourth-order valence-corrected chi connectivity index (χ4v) is 1.41. The van der Waals surface area contributed by atoms with Gasteiger partial charge in [0.15, 0.2) is 0 Å². The summed E-state index contributed by atoms with van der Waals surface area (Å²) in [5, 5.41) is 3.93. The van der Waals surface area contributed by atoms with Crippen LogP contribution in [0.3, 0.4) is 0 Å². The molecule has 0 aliphatic rings. The largest absolute Gasteiger partial charge is 0.337 e. The Morgan fingerprint density at radius 3 is 2.65 bits per heavy atom. The van der Waals surface area contributed by atoms with Crippen molar-refractivity contribution in [2.24, 2.45) is 18.2 Å². The van der Waals surface area contributed by atoms with Crippen molar-refractivity contribution in [3.8, 4) is 11.5 Å². The lowest BCUT2D eigenvalue weighted by atomic mass is 9.87. The van der Waals surface area contributed by atoms with Crippen molar-refractivity contribution in [1.29, 1.82) is 0 Å². The Bertz CT molecular complexity index is 508. The number of imidazole rings is 1. The second kappa shape index (κ2) is 3.96. The highest BCUT2D eigenvalue weighted by Crippen LogP contribution is 2.30. The van der Waals surface area contributed by atoms with Crippen molar-refractivity contribution < 1.29 is 4.52 Å². The summed E-state index contributed by atoms with van der Waals surface area (Å²) in [7, 11) is 1.88. The van der Waals surface area contributed by atoms with Crippen molar-refractivity contribution in [2.75, 3.05) is 0 Å². The highest BCUT2D eigenvalue weighted by atomic mass is 16.5. The monoisotopic (exact) mass is 235 g/mol. The summed E-state index contributed by atoms with van der Waals surface area (Å²) in [6, 6.07) is -0.281. The van der Waals surface area contributed by atoms with Crippen LogP contribution in [0.5, 0.6) is 0 Å². The number of nitrogens with two attached hydrogens (primary N) is 1. The molecule has 0 spiro atoms. The third-order valence-electron chi connectivity index (χ3n) is 2.69. The number of nitrogens with zero attached hydrogens (tertiary/aromatic N) is 4. The van der Waals surface area contributed by atoms with Crippen molar-refractivity contribution in [2.45, 2.75) is 26.8 Å².